The normalized spacial score (nSPS) is 18.5. The van der Waals surface area contributed by atoms with Crippen LogP contribution in [0.3, 0.4) is 0 Å². The van der Waals surface area contributed by atoms with E-state index in [1.165, 1.54) is 11.8 Å². The van der Waals surface area contributed by atoms with Crippen molar-refractivity contribution in [1.29, 1.82) is 0 Å². The minimum absolute atomic E-state index is 0.0625. The molecule has 5 nitrogen and oxygen atoms in total. The van der Waals surface area contributed by atoms with Crippen LogP contribution < -0.4 is 0 Å². The van der Waals surface area contributed by atoms with E-state index in [-0.39, 0.29) is 24.5 Å². The molecular weight excluding hydrogens is 338 g/mol. The van der Waals surface area contributed by atoms with Crippen LogP contribution in [0.15, 0.2) is 40.1 Å². The highest BCUT2D eigenvalue weighted by atomic mass is 79.9. The molecule has 1 amide bonds. The number of nitrogens with zero attached hydrogens (tertiary/aromatic N) is 1. The number of amides is 1. The number of aliphatic hydroxyl groups excluding tert-OH is 2. The van der Waals surface area contributed by atoms with Gasteiger partial charge in [0.15, 0.2) is 11.5 Å². The summed E-state index contributed by atoms with van der Waals surface area (Å²) in [6.45, 7) is 1.55. The van der Waals surface area contributed by atoms with E-state index in [9.17, 15) is 14.7 Å². The van der Waals surface area contributed by atoms with Crippen LogP contribution in [0.5, 0.6) is 0 Å². The summed E-state index contributed by atoms with van der Waals surface area (Å²) in [5.74, 6) is -1.39. The second-order valence-electron chi connectivity index (χ2n) is 4.85. The largest absolute Gasteiger partial charge is 0.503 e. The molecule has 0 unspecified atom stereocenters. The fourth-order valence-corrected chi connectivity index (χ4v) is 2.74. The topological polar surface area (TPSA) is 77.8 Å². The first kappa shape index (κ1) is 15.7. The predicted octanol–water partition coefficient (Wildman–Crippen LogP) is 2.12. The number of rotatable bonds is 5. The number of ketones is 1. The molecular formula is C15H16BrNO4. The van der Waals surface area contributed by atoms with E-state index in [0.29, 0.717) is 6.42 Å². The molecule has 0 radical (unpaired) electrons. The van der Waals surface area contributed by atoms with Gasteiger partial charge in [-0.2, -0.15) is 0 Å². The Balaban J connectivity index is 2.46. The van der Waals surface area contributed by atoms with E-state index in [1.54, 1.807) is 12.1 Å². The van der Waals surface area contributed by atoms with Crippen LogP contribution in [0.1, 0.15) is 24.9 Å². The molecule has 1 aliphatic rings. The first-order chi connectivity index (χ1) is 9.97. The zero-order chi connectivity index (χ0) is 15.6. The van der Waals surface area contributed by atoms with E-state index in [1.807, 2.05) is 12.1 Å². The quantitative estimate of drug-likeness (QED) is 0.849. The van der Waals surface area contributed by atoms with E-state index in [0.717, 1.165) is 10.0 Å². The zero-order valence-corrected chi connectivity index (χ0v) is 13.1. The third kappa shape index (κ3) is 3.01. The molecule has 0 aromatic heterocycles. The van der Waals surface area contributed by atoms with E-state index in [4.69, 9.17) is 5.11 Å². The fraction of sp³-hybridized carbons (Fsp3) is 0.333. The van der Waals surface area contributed by atoms with Crippen molar-refractivity contribution < 1.29 is 19.8 Å². The standard InChI is InChI=1S/C15H16BrNO4/c1-9(19)12-13(10-3-5-11(16)6-4-10)17(7-2-8-18)15(21)14(12)20/h3-6,13,18,20H,2,7-8H2,1H3/t13-/m0/s1. The highest BCUT2D eigenvalue weighted by molar-refractivity contribution is 9.10. The molecule has 1 atom stereocenters. The summed E-state index contributed by atoms with van der Waals surface area (Å²) in [6.07, 6.45) is 0.386. The average Bonchev–Trinajstić information content (AvgIpc) is 2.70. The maximum atomic E-state index is 12.2. The lowest BCUT2D eigenvalue weighted by molar-refractivity contribution is -0.129. The molecule has 0 saturated carbocycles. The Hall–Kier alpha value is -1.66. The van der Waals surface area contributed by atoms with Gasteiger partial charge in [-0.1, -0.05) is 28.1 Å². The van der Waals surface area contributed by atoms with Crippen molar-refractivity contribution in [2.45, 2.75) is 19.4 Å². The molecule has 1 aromatic rings. The van der Waals surface area contributed by atoms with E-state index < -0.39 is 17.7 Å². The van der Waals surface area contributed by atoms with Crippen LogP contribution in [0, 0.1) is 0 Å². The Kier molecular flexibility index (Phi) is 4.80. The van der Waals surface area contributed by atoms with Crippen LogP contribution in [0.25, 0.3) is 0 Å². The lowest BCUT2D eigenvalue weighted by Crippen LogP contribution is -2.32. The van der Waals surface area contributed by atoms with Gasteiger partial charge in [-0.15, -0.1) is 0 Å². The molecule has 0 spiro atoms. The summed E-state index contributed by atoms with van der Waals surface area (Å²) in [5.41, 5.74) is 0.860. The molecule has 1 heterocycles. The van der Waals surface area contributed by atoms with Crippen molar-refractivity contribution in [1.82, 2.24) is 4.90 Å². The van der Waals surface area contributed by atoms with Crippen LogP contribution in [-0.4, -0.2) is 40.0 Å². The zero-order valence-electron chi connectivity index (χ0n) is 11.5. The number of halogens is 1. The average molecular weight is 354 g/mol. The molecule has 0 aliphatic carbocycles. The first-order valence-electron chi connectivity index (χ1n) is 6.58. The fourth-order valence-electron chi connectivity index (χ4n) is 2.48. The van der Waals surface area contributed by atoms with Gasteiger partial charge in [-0.25, -0.2) is 0 Å². The molecule has 6 heteroatoms. The number of carbonyl (C=O) groups is 2. The molecule has 2 rings (SSSR count). The summed E-state index contributed by atoms with van der Waals surface area (Å²) in [4.78, 5) is 25.4. The van der Waals surface area contributed by atoms with Gasteiger partial charge in [0.25, 0.3) is 5.91 Å². The Morgan fingerprint density at radius 2 is 1.95 bits per heavy atom. The lowest BCUT2D eigenvalue weighted by atomic mass is 9.97. The maximum absolute atomic E-state index is 12.2. The summed E-state index contributed by atoms with van der Waals surface area (Å²) in [5, 5.41) is 18.9. The van der Waals surface area contributed by atoms with Crippen molar-refractivity contribution in [2.75, 3.05) is 13.2 Å². The Bertz CT molecular complexity index is 594. The summed E-state index contributed by atoms with van der Waals surface area (Å²) < 4.78 is 0.884. The van der Waals surface area contributed by atoms with Gasteiger partial charge < -0.3 is 15.1 Å². The van der Waals surface area contributed by atoms with Gasteiger partial charge in [0.05, 0.1) is 11.6 Å². The van der Waals surface area contributed by atoms with E-state index in [2.05, 4.69) is 15.9 Å². The van der Waals surface area contributed by atoms with Gasteiger partial charge in [0, 0.05) is 17.6 Å². The number of aliphatic hydroxyl groups is 2. The van der Waals surface area contributed by atoms with Crippen molar-refractivity contribution >= 4 is 27.6 Å². The number of hydrogen-bond donors (Lipinski definition) is 2. The molecule has 0 saturated heterocycles. The van der Waals surface area contributed by atoms with Gasteiger partial charge in [0.1, 0.15) is 0 Å². The second kappa shape index (κ2) is 6.41. The predicted molar refractivity (Wildman–Crippen MR) is 80.6 cm³/mol. The number of carbonyl (C=O) groups excluding carboxylic acids is 2. The number of benzene rings is 1. The van der Waals surface area contributed by atoms with Crippen molar-refractivity contribution in [3.63, 3.8) is 0 Å². The molecule has 0 bridgehead atoms. The molecule has 1 aliphatic heterocycles. The van der Waals surface area contributed by atoms with Crippen LogP contribution in [0.4, 0.5) is 0 Å². The van der Waals surface area contributed by atoms with Gasteiger partial charge in [-0.05, 0) is 31.0 Å². The van der Waals surface area contributed by atoms with E-state index >= 15 is 0 Å². The van der Waals surface area contributed by atoms with Crippen molar-refractivity contribution in [3.05, 3.63) is 45.6 Å². The first-order valence-corrected chi connectivity index (χ1v) is 7.38. The SMILES string of the molecule is CC(=O)C1=C(O)C(=O)N(CCCO)[C@H]1c1ccc(Br)cc1. The van der Waals surface area contributed by atoms with Crippen LogP contribution in [0.2, 0.25) is 0 Å². The summed E-state index contributed by atoms with van der Waals surface area (Å²) in [6, 6.07) is 6.63. The van der Waals surface area contributed by atoms with Crippen molar-refractivity contribution in [3.8, 4) is 0 Å². The Morgan fingerprint density at radius 3 is 2.48 bits per heavy atom. The molecule has 2 N–H and O–H groups in total. The van der Waals surface area contributed by atoms with Crippen LogP contribution >= 0.6 is 15.9 Å². The molecule has 21 heavy (non-hydrogen) atoms. The van der Waals surface area contributed by atoms with Gasteiger partial charge in [0.2, 0.25) is 0 Å². The third-order valence-corrected chi connectivity index (χ3v) is 3.95. The molecule has 0 fully saturated rings. The Labute approximate surface area is 131 Å². The highest BCUT2D eigenvalue weighted by Gasteiger charge is 2.41. The maximum Gasteiger partial charge on any atom is 0.290 e. The van der Waals surface area contributed by atoms with Gasteiger partial charge >= 0.3 is 0 Å². The van der Waals surface area contributed by atoms with Crippen molar-refractivity contribution in [2.24, 2.45) is 0 Å². The lowest BCUT2D eigenvalue weighted by Gasteiger charge is -2.26. The van der Waals surface area contributed by atoms with Gasteiger partial charge in [-0.3, -0.25) is 9.59 Å². The second-order valence-corrected chi connectivity index (χ2v) is 5.76. The molecule has 112 valence electrons. The number of Topliss-reactive ketones (excluding diaryl/α,β-unsaturated/α-hetero) is 1. The highest BCUT2D eigenvalue weighted by Crippen LogP contribution is 2.37. The smallest absolute Gasteiger partial charge is 0.290 e. The Morgan fingerprint density at radius 1 is 1.33 bits per heavy atom. The molecule has 1 aromatic carbocycles. The summed E-state index contributed by atoms with van der Waals surface area (Å²) in [7, 11) is 0. The monoisotopic (exact) mass is 353 g/mol. The summed E-state index contributed by atoms with van der Waals surface area (Å²) >= 11 is 3.34. The van der Waals surface area contributed by atoms with Crippen LogP contribution in [-0.2, 0) is 9.59 Å². The minimum atomic E-state index is -0.602. The number of hydrogen-bond acceptors (Lipinski definition) is 4. The third-order valence-electron chi connectivity index (χ3n) is 3.43. The minimum Gasteiger partial charge on any atom is -0.503 e.